The van der Waals surface area contributed by atoms with Gasteiger partial charge in [0, 0.05) is 62.3 Å². The fourth-order valence-corrected chi connectivity index (χ4v) is 4.85. The van der Waals surface area contributed by atoms with Crippen LogP contribution in [0.1, 0.15) is 6.42 Å². The number of aromatic nitrogens is 4. The summed E-state index contributed by atoms with van der Waals surface area (Å²) >= 11 is 0. The van der Waals surface area contributed by atoms with Crippen molar-refractivity contribution in [1.82, 2.24) is 28.4 Å². The zero-order chi connectivity index (χ0) is 20.8. The van der Waals surface area contributed by atoms with Crippen molar-refractivity contribution in [3.05, 3.63) is 42.3 Å². The van der Waals surface area contributed by atoms with Gasteiger partial charge in [-0.2, -0.15) is 27.4 Å². The van der Waals surface area contributed by atoms with Crippen LogP contribution in [0.3, 0.4) is 0 Å². The van der Waals surface area contributed by atoms with Crippen LogP contribution in [-0.2, 0) is 15.7 Å². The summed E-state index contributed by atoms with van der Waals surface area (Å²) in [6.45, 7) is 7.79. The molecule has 1 N–H and O–H groups in total. The number of nitriles is 1. The molecule has 148 valence electrons. The van der Waals surface area contributed by atoms with Gasteiger partial charge in [0.15, 0.2) is 0 Å². The molecule has 3 aromatic heterocycles. The second-order valence-corrected chi connectivity index (χ2v) is 9.30. The second kappa shape index (κ2) is 6.67. The first kappa shape index (κ1) is 19.1. The number of fused-ring (bicyclic) bond motifs is 1. The molecule has 4 heterocycles. The molecule has 0 spiro atoms. The van der Waals surface area contributed by atoms with Crippen LogP contribution in [0.5, 0.6) is 0 Å². The molecule has 0 radical (unpaired) electrons. The molecule has 0 bridgehead atoms. The summed E-state index contributed by atoms with van der Waals surface area (Å²) < 4.78 is 28.8. The van der Waals surface area contributed by atoms with Crippen molar-refractivity contribution in [2.24, 2.45) is 0 Å². The van der Waals surface area contributed by atoms with Gasteiger partial charge in [-0.1, -0.05) is 0 Å². The van der Waals surface area contributed by atoms with Gasteiger partial charge >= 0.3 is 0 Å². The van der Waals surface area contributed by atoms with Gasteiger partial charge in [-0.3, -0.25) is 9.67 Å². The number of nitrogens with one attached hydrogen (secondary N) is 1. The summed E-state index contributed by atoms with van der Waals surface area (Å²) in [7, 11) is -0.600. The van der Waals surface area contributed by atoms with E-state index in [0.29, 0.717) is 22.5 Å². The van der Waals surface area contributed by atoms with Gasteiger partial charge in [0.1, 0.15) is 11.2 Å². The van der Waals surface area contributed by atoms with E-state index in [2.05, 4.69) is 26.0 Å². The molecule has 1 fully saturated rings. The molecule has 1 aliphatic heterocycles. The summed E-state index contributed by atoms with van der Waals surface area (Å²) in [4.78, 5) is 10.9. The summed E-state index contributed by atoms with van der Waals surface area (Å²) in [6.07, 6.45) is 6.80. The first-order valence-electron chi connectivity index (χ1n) is 8.76. The van der Waals surface area contributed by atoms with Gasteiger partial charge in [0.25, 0.3) is 10.2 Å². The highest BCUT2D eigenvalue weighted by Gasteiger charge is 2.50. The maximum atomic E-state index is 12.4. The number of hydrogen-bond acceptors (Lipinski definition) is 5. The van der Waals surface area contributed by atoms with E-state index in [9.17, 15) is 13.7 Å². The average Bonchev–Trinajstić information content (AvgIpc) is 3.32. The van der Waals surface area contributed by atoms with Gasteiger partial charge < -0.3 is 4.98 Å². The third-order valence-corrected chi connectivity index (χ3v) is 7.02. The summed E-state index contributed by atoms with van der Waals surface area (Å²) in [5.41, 5.74) is 1.75. The topological polar surface area (TPSA) is 115 Å². The molecular formula is C18H18N8O2S. The molecule has 0 atom stereocenters. The molecule has 10 nitrogen and oxygen atoms in total. The van der Waals surface area contributed by atoms with Crippen molar-refractivity contribution in [3.8, 4) is 17.2 Å². The number of H-pyrrole nitrogens is 1. The Morgan fingerprint density at radius 3 is 2.83 bits per heavy atom. The Morgan fingerprint density at radius 2 is 2.17 bits per heavy atom. The van der Waals surface area contributed by atoms with Gasteiger partial charge in [-0.05, 0) is 6.07 Å². The van der Waals surface area contributed by atoms with Crippen molar-refractivity contribution in [1.29, 1.82) is 5.26 Å². The number of nitrogens with zero attached hydrogens (tertiary/aromatic N) is 7. The molecule has 29 heavy (non-hydrogen) atoms. The van der Waals surface area contributed by atoms with E-state index in [0.717, 1.165) is 9.69 Å². The lowest BCUT2D eigenvalue weighted by Gasteiger charge is -2.48. The molecule has 0 unspecified atom stereocenters. The molecular weight excluding hydrogens is 392 g/mol. The maximum absolute atomic E-state index is 12.4. The van der Waals surface area contributed by atoms with Crippen LogP contribution >= 0.6 is 0 Å². The number of aromatic amines is 1. The molecule has 0 aromatic carbocycles. The van der Waals surface area contributed by atoms with Crippen molar-refractivity contribution >= 4 is 26.9 Å². The zero-order valence-corrected chi connectivity index (χ0v) is 16.7. The highest BCUT2D eigenvalue weighted by Crippen LogP contribution is 2.39. The lowest BCUT2D eigenvalue weighted by molar-refractivity contribution is 0.0675. The number of rotatable bonds is 5. The fraction of sp³-hybridized carbons (Fsp3) is 0.333. The zero-order valence-electron chi connectivity index (χ0n) is 15.9. The lowest BCUT2D eigenvalue weighted by Crippen LogP contribution is -2.65. The highest BCUT2D eigenvalue weighted by molar-refractivity contribution is 7.86. The van der Waals surface area contributed by atoms with Crippen LogP contribution in [0.15, 0.2) is 30.9 Å². The average molecular weight is 410 g/mol. The van der Waals surface area contributed by atoms with Gasteiger partial charge in [0.05, 0.1) is 25.3 Å². The van der Waals surface area contributed by atoms with E-state index in [1.54, 1.807) is 23.3 Å². The van der Waals surface area contributed by atoms with Crippen LogP contribution in [0.25, 0.3) is 27.0 Å². The molecule has 0 aliphatic carbocycles. The van der Waals surface area contributed by atoms with Gasteiger partial charge in [-0.15, -0.1) is 0 Å². The Bertz CT molecular complexity index is 1270. The van der Waals surface area contributed by atoms with E-state index in [1.165, 1.54) is 24.6 Å². The van der Waals surface area contributed by atoms with Crippen molar-refractivity contribution in [2.45, 2.75) is 12.0 Å². The Balaban J connectivity index is 1.74. The first-order chi connectivity index (χ1) is 13.8. The summed E-state index contributed by atoms with van der Waals surface area (Å²) in [6, 6.07) is 4.00. The summed E-state index contributed by atoms with van der Waals surface area (Å²) in [5.74, 6) is 0. The predicted octanol–water partition coefficient (Wildman–Crippen LogP) is 1.71. The second-order valence-electron chi connectivity index (χ2n) is 7.16. The van der Waals surface area contributed by atoms with E-state index in [4.69, 9.17) is 6.57 Å². The van der Waals surface area contributed by atoms with Gasteiger partial charge in [0.2, 0.25) is 5.69 Å². The molecule has 3 aromatic rings. The van der Waals surface area contributed by atoms with Crippen LogP contribution < -0.4 is 0 Å². The molecule has 0 saturated carbocycles. The molecule has 1 aliphatic rings. The first-order valence-corrected chi connectivity index (χ1v) is 10.2. The quantitative estimate of drug-likeness (QED) is 0.643. The van der Waals surface area contributed by atoms with E-state index in [-0.39, 0.29) is 19.5 Å². The third kappa shape index (κ3) is 2.87. The van der Waals surface area contributed by atoms with Crippen molar-refractivity contribution in [3.63, 3.8) is 0 Å². The molecule has 0 amide bonds. The van der Waals surface area contributed by atoms with Crippen LogP contribution in [0, 0.1) is 17.9 Å². The third-order valence-electron chi connectivity index (χ3n) is 5.18. The van der Waals surface area contributed by atoms with E-state index >= 15 is 0 Å². The van der Waals surface area contributed by atoms with E-state index in [1.807, 2.05) is 6.07 Å². The number of pyridine rings is 1. The van der Waals surface area contributed by atoms with Crippen LogP contribution in [0.4, 0.5) is 5.69 Å². The number of hydrogen-bond donors (Lipinski definition) is 1. The minimum absolute atomic E-state index is 0.124. The van der Waals surface area contributed by atoms with E-state index < -0.39 is 15.7 Å². The SMILES string of the molecule is [C-]#[N+]c1cnc2[nH]ccc2c1-c1cnn(C2(CC#N)CN(S(=O)(=O)N(C)C)C2)c1. The lowest BCUT2D eigenvalue weighted by atomic mass is 9.89. The Kier molecular flexibility index (Phi) is 4.39. The van der Waals surface area contributed by atoms with Gasteiger partial charge in [-0.25, -0.2) is 4.85 Å². The minimum Gasteiger partial charge on any atom is -0.346 e. The molecule has 4 rings (SSSR count). The Hall–Kier alpha value is -3.25. The highest BCUT2D eigenvalue weighted by atomic mass is 32.2. The smallest absolute Gasteiger partial charge is 0.281 e. The maximum Gasteiger partial charge on any atom is 0.281 e. The van der Waals surface area contributed by atoms with Crippen LogP contribution in [-0.4, -0.2) is 64.0 Å². The molecule has 1 saturated heterocycles. The van der Waals surface area contributed by atoms with Crippen molar-refractivity contribution in [2.75, 3.05) is 27.2 Å². The normalized spacial score (nSPS) is 16.4. The largest absolute Gasteiger partial charge is 0.346 e. The molecule has 11 heteroatoms. The predicted molar refractivity (Wildman–Crippen MR) is 106 cm³/mol. The Labute approximate surface area is 168 Å². The van der Waals surface area contributed by atoms with Crippen molar-refractivity contribution < 1.29 is 8.42 Å². The Morgan fingerprint density at radius 1 is 1.41 bits per heavy atom. The van der Waals surface area contributed by atoms with Crippen LogP contribution in [0.2, 0.25) is 0 Å². The minimum atomic E-state index is -3.55. The standard InChI is InChI=1S/C18H18N8O2S/c1-20-15-9-22-17-14(4-7-21-17)16(15)13-8-23-26(10-13)18(5-6-19)11-25(12-18)29(27,28)24(2)3/h4,7-10H,5,11-12H2,2-3H3,(H,21,22). The fourth-order valence-electron chi connectivity index (χ4n) is 3.59. The summed E-state index contributed by atoms with van der Waals surface area (Å²) in [5, 5.41) is 14.6. The monoisotopic (exact) mass is 410 g/mol.